The quantitative estimate of drug-likeness (QED) is 0.800. The van der Waals surface area contributed by atoms with E-state index in [1.54, 1.807) is 11.3 Å². The molecule has 0 saturated heterocycles. The number of carbonyl (C=O) groups excluding carboxylic acids is 1. The van der Waals surface area contributed by atoms with Gasteiger partial charge in [0.15, 0.2) is 0 Å². The number of nitrogens with one attached hydrogen (secondary N) is 1. The molecule has 2 aromatic rings. The normalized spacial score (nSPS) is 10.2. The summed E-state index contributed by atoms with van der Waals surface area (Å²) in [4.78, 5) is 11.9. The van der Waals surface area contributed by atoms with Crippen LogP contribution in [-0.4, -0.2) is 12.5 Å². The SMILES string of the molecule is NC(=O)CCOc1ccc(NCc2sccc2Br)cc1. The van der Waals surface area contributed by atoms with E-state index in [0.717, 1.165) is 22.5 Å². The molecule has 3 N–H and O–H groups in total. The predicted octanol–water partition coefficient (Wildman–Crippen LogP) is 3.38. The number of benzene rings is 1. The largest absolute Gasteiger partial charge is 0.493 e. The number of ether oxygens (including phenoxy) is 1. The first-order valence-corrected chi connectivity index (χ1v) is 7.79. The average molecular weight is 355 g/mol. The minimum Gasteiger partial charge on any atom is -0.493 e. The molecule has 4 nitrogen and oxygen atoms in total. The Kier molecular flexibility index (Phi) is 5.43. The Labute approximate surface area is 130 Å². The minimum absolute atomic E-state index is 0.229. The lowest BCUT2D eigenvalue weighted by Crippen LogP contribution is -2.14. The number of carbonyl (C=O) groups is 1. The summed E-state index contributed by atoms with van der Waals surface area (Å²) in [5.41, 5.74) is 6.07. The minimum atomic E-state index is -0.357. The first-order valence-electron chi connectivity index (χ1n) is 6.12. The van der Waals surface area contributed by atoms with Gasteiger partial charge in [0, 0.05) is 15.0 Å². The molecule has 0 bridgehead atoms. The zero-order valence-corrected chi connectivity index (χ0v) is 13.2. The second-order valence-corrected chi connectivity index (χ2v) is 5.99. The third-order valence-electron chi connectivity index (χ3n) is 2.62. The highest BCUT2D eigenvalue weighted by Gasteiger charge is 2.01. The Morgan fingerprint density at radius 2 is 2.05 bits per heavy atom. The number of nitrogens with two attached hydrogens (primary N) is 1. The number of thiophene rings is 1. The first-order chi connectivity index (χ1) is 9.65. The Morgan fingerprint density at radius 1 is 1.30 bits per heavy atom. The molecule has 0 atom stereocenters. The number of anilines is 1. The van der Waals surface area contributed by atoms with Crippen molar-refractivity contribution >= 4 is 38.9 Å². The van der Waals surface area contributed by atoms with Crippen molar-refractivity contribution in [1.82, 2.24) is 0 Å². The molecular weight excluding hydrogens is 340 g/mol. The fourth-order valence-electron chi connectivity index (χ4n) is 1.57. The maximum Gasteiger partial charge on any atom is 0.220 e. The Balaban J connectivity index is 1.82. The molecule has 0 aliphatic carbocycles. The number of rotatable bonds is 7. The van der Waals surface area contributed by atoms with E-state index in [2.05, 4.69) is 26.6 Å². The zero-order valence-electron chi connectivity index (χ0n) is 10.8. The monoisotopic (exact) mass is 354 g/mol. The molecule has 0 spiro atoms. The van der Waals surface area contributed by atoms with Gasteiger partial charge in [0.2, 0.25) is 5.91 Å². The molecule has 1 aromatic carbocycles. The van der Waals surface area contributed by atoms with E-state index in [1.165, 1.54) is 4.88 Å². The van der Waals surface area contributed by atoms with Gasteiger partial charge in [0.1, 0.15) is 5.75 Å². The Bertz CT molecular complexity index is 569. The molecule has 106 valence electrons. The standard InChI is InChI=1S/C14H15BrN2O2S/c15-12-6-8-20-13(12)9-17-10-1-3-11(4-2-10)19-7-5-14(16)18/h1-4,6,8,17H,5,7,9H2,(H2,16,18). The van der Waals surface area contributed by atoms with Gasteiger partial charge in [-0.3, -0.25) is 4.79 Å². The van der Waals surface area contributed by atoms with Crippen LogP contribution >= 0.6 is 27.3 Å². The predicted molar refractivity (Wildman–Crippen MR) is 85.1 cm³/mol. The van der Waals surface area contributed by atoms with E-state index in [1.807, 2.05) is 30.3 Å². The number of amides is 1. The summed E-state index contributed by atoms with van der Waals surface area (Å²) in [5.74, 6) is 0.374. The van der Waals surface area contributed by atoms with Gasteiger partial charge in [0.25, 0.3) is 0 Å². The number of primary amides is 1. The van der Waals surface area contributed by atoms with Gasteiger partial charge in [-0.25, -0.2) is 0 Å². The molecule has 0 aliphatic rings. The van der Waals surface area contributed by atoms with Crippen molar-refractivity contribution in [3.63, 3.8) is 0 Å². The molecule has 0 unspecified atom stereocenters. The van der Waals surface area contributed by atoms with Crippen LogP contribution in [0.3, 0.4) is 0 Å². The summed E-state index contributed by atoms with van der Waals surface area (Å²) in [6.45, 7) is 1.09. The van der Waals surface area contributed by atoms with E-state index in [4.69, 9.17) is 10.5 Å². The number of hydrogen-bond acceptors (Lipinski definition) is 4. The Hall–Kier alpha value is -1.53. The molecule has 0 aliphatic heterocycles. The van der Waals surface area contributed by atoms with Gasteiger partial charge in [-0.15, -0.1) is 11.3 Å². The van der Waals surface area contributed by atoms with Crippen LogP contribution in [0.5, 0.6) is 5.75 Å². The maximum absolute atomic E-state index is 10.6. The van der Waals surface area contributed by atoms with E-state index >= 15 is 0 Å². The summed E-state index contributed by atoms with van der Waals surface area (Å²) < 4.78 is 6.53. The molecule has 2 rings (SSSR count). The van der Waals surface area contributed by atoms with Gasteiger partial charge in [-0.1, -0.05) is 0 Å². The fraction of sp³-hybridized carbons (Fsp3) is 0.214. The molecule has 0 saturated carbocycles. The van der Waals surface area contributed by atoms with Crippen LogP contribution < -0.4 is 15.8 Å². The van der Waals surface area contributed by atoms with Gasteiger partial charge in [0.05, 0.1) is 19.6 Å². The molecule has 20 heavy (non-hydrogen) atoms. The van der Waals surface area contributed by atoms with Crippen molar-refractivity contribution in [2.24, 2.45) is 5.73 Å². The lowest BCUT2D eigenvalue weighted by Gasteiger charge is -2.08. The topological polar surface area (TPSA) is 64.4 Å². The van der Waals surface area contributed by atoms with Gasteiger partial charge in [-0.05, 0) is 51.6 Å². The van der Waals surface area contributed by atoms with E-state index in [9.17, 15) is 4.79 Å². The highest BCUT2D eigenvalue weighted by atomic mass is 79.9. The molecule has 6 heteroatoms. The van der Waals surface area contributed by atoms with E-state index in [0.29, 0.717) is 6.61 Å². The van der Waals surface area contributed by atoms with Gasteiger partial charge >= 0.3 is 0 Å². The van der Waals surface area contributed by atoms with Gasteiger partial charge < -0.3 is 15.8 Å². The first kappa shape index (κ1) is 14.9. The lowest BCUT2D eigenvalue weighted by atomic mass is 10.3. The number of halogens is 1. The average Bonchev–Trinajstić information content (AvgIpc) is 2.83. The molecular formula is C14H15BrN2O2S. The summed E-state index contributed by atoms with van der Waals surface area (Å²) in [7, 11) is 0. The van der Waals surface area contributed by atoms with Crippen LogP contribution in [0.4, 0.5) is 5.69 Å². The number of hydrogen-bond donors (Lipinski definition) is 2. The second kappa shape index (κ2) is 7.31. The fourth-order valence-corrected chi connectivity index (χ4v) is 3.00. The summed E-state index contributed by atoms with van der Waals surface area (Å²) in [6, 6.07) is 9.67. The molecule has 1 aromatic heterocycles. The maximum atomic E-state index is 10.6. The summed E-state index contributed by atoms with van der Waals surface area (Å²) >= 11 is 5.21. The van der Waals surface area contributed by atoms with Crippen LogP contribution in [0.15, 0.2) is 40.2 Å². The van der Waals surface area contributed by atoms with Crippen molar-refractivity contribution in [1.29, 1.82) is 0 Å². The highest BCUT2D eigenvalue weighted by molar-refractivity contribution is 9.10. The van der Waals surface area contributed by atoms with Gasteiger partial charge in [-0.2, -0.15) is 0 Å². The zero-order chi connectivity index (χ0) is 14.4. The van der Waals surface area contributed by atoms with Crippen molar-refractivity contribution < 1.29 is 9.53 Å². The molecule has 0 radical (unpaired) electrons. The summed E-state index contributed by atoms with van der Waals surface area (Å²) in [6.07, 6.45) is 0.229. The van der Waals surface area contributed by atoms with Crippen LogP contribution in [0.1, 0.15) is 11.3 Å². The summed E-state index contributed by atoms with van der Waals surface area (Å²) in [5, 5.41) is 5.39. The van der Waals surface area contributed by atoms with Crippen molar-refractivity contribution in [3.8, 4) is 5.75 Å². The van der Waals surface area contributed by atoms with Crippen LogP contribution in [0.25, 0.3) is 0 Å². The second-order valence-electron chi connectivity index (χ2n) is 4.13. The highest BCUT2D eigenvalue weighted by Crippen LogP contribution is 2.24. The molecule has 0 fully saturated rings. The smallest absolute Gasteiger partial charge is 0.220 e. The van der Waals surface area contributed by atoms with E-state index in [-0.39, 0.29) is 12.3 Å². The Morgan fingerprint density at radius 3 is 2.65 bits per heavy atom. The third-order valence-corrected chi connectivity index (χ3v) is 4.54. The van der Waals surface area contributed by atoms with Crippen molar-refractivity contribution in [3.05, 3.63) is 45.1 Å². The van der Waals surface area contributed by atoms with Crippen LogP contribution in [-0.2, 0) is 11.3 Å². The van der Waals surface area contributed by atoms with Crippen LogP contribution in [0.2, 0.25) is 0 Å². The molecule has 1 amide bonds. The van der Waals surface area contributed by atoms with Crippen molar-refractivity contribution in [2.45, 2.75) is 13.0 Å². The van der Waals surface area contributed by atoms with Crippen molar-refractivity contribution in [2.75, 3.05) is 11.9 Å². The molecule has 1 heterocycles. The van der Waals surface area contributed by atoms with E-state index < -0.39 is 0 Å². The van der Waals surface area contributed by atoms with Crippen LogP contribution in [0, 0.1) is 0 Å². The third kappa shape index (κ3) is 4.54. The lowest BCUT2D eigenvalue weighted by molar-refractivity contribution is -0.118.